The molecule has 0 aromatic carbocycles. The van der Waals surface area contributed by atoms with Crippen LogP contribution in [0.1, 0.15) is 39.4 Å². The van der Waals surface area contributed by atoms with Crippen LogP contribution in [-0.4, -0.2) is 34.9 Å². The van der Waals surface area contributed by atoms with Crippen LogP contribution in [0.4, 0.5) is 5.69 Å². The molecular formula is C18H21N3O3S2. The molecule has 0 radical (unpaired) electrons. The third-order valence-electron chi connectivity index (χ3n) is 5.62. The molecule has 1 aliphatic heterocycles. The summed E-state index contributed by atoms with van der Waals surface area (Å²) >= 11 is 2.85. The number of nitro groups is 1. The molecule has 3 heterocycles. The minimum Gasteiger partial charge on any atom is -0.330 e. The summed E-state index contributed by atoms with van der Waals surface area (Å²) < 4.78 is 0. The number of thiophene rings is 2. The SMILES string of the molecule is Cc1sc(C(=O)N(Cc2ccsc2)C2CC23CCNCC3)cc1[N+](=O)[O-]. The van der Waals surface area contributed by atoms with Crippen LogP contribution in [0, 0.1) is 22.5 Å². The molecule has 2 fully saturated rings. The van der Waals surface area contributed by atoms with E-state index >= 15 is 0 Å². The summed E-state index contributed by atoms with van der Waals surface area (Å²) in [6.07, 6.45) is 3.22. The predicted octanol–water partition coefficient (Wildman–Crippen LogP) is 3.81. The van der Waals surface area contributed by atoms with Gasteiger partial charge in [0.2, 0.25) is 0 Å². The second-order valence-corrected chi connectivity index (χ2v) is 9.24. The van der Waals surface area contributed by atoms with E-state index in [1.807, 2.05) is 16.3 Å². The number of aryl methyl sites for hydroxylation is 1. The van der Waals surface area contributed by atoms with Crippen LogP contribution in [0.3, 0.4) is 0 Å². The maximum absolute atomic E-state index is 13.3. The fraction of sp³-hybridized carbons (Fsp3) is 0.500. The molecule has 2 aliphatic rings. The number of nitrogens with one attached hydrogen (secondary N) is 1. The summed E-state index contributed by atoms with van der Waals surface area (Å²) in [6, 6.07) is 3.73. The molecule has 138 valence electrons. The third-order valence-corrected chi connectivity index (χ3v) is 7.37. The van der Waals surface area contributed by atoms with Gasteiger partial charge in [-0.25, -0.2) is 0 Å². The van der Waals surface area contributed by atoms with E-state index in [1.54, 1.807) is 18.3 Å². The fourth-order valence-electron chi connectivity index (χ4n) is 4.03. The van der Waals surface area contributed by atoms with E-state index in [4.69, 9.17) is 0 Å². The molecule has 1 N–H and O–H groups in total. The number of amides is 1. The zero-order valence-corrected chi connectivity index (χ0v) is 16.2. The first-order valence-corrected chi connectivity index (χ1v) is 10.5. The van der Waals surface area contributed by atoms with Crippen molar-refractivity contribution in [3.63, 3.8) is 0 Å². The summed E-state index contributed by atoms with van der Waals surface area (Å²) in [5.41, 5.74) is 1.40. The highest BCUT2D eigenvalue weighted by Gasteiger charge is 2.57. The molecule has 4 rings (SSSR count). The van der Waals surface area contributed by atoms with E-state index in [-0.39, 0.29) is 23.1 Å². The lowest BCUT2D eigenvalue weighted by Gasteiger charge is -2.29. The Labute approximate surface area is 160 Å². The van der Waals surface area contributed by atoms with Crippen molar-refractivity contribution in [2.75, 3.05) is 13.1 Å². The maximum Gasteiger partial charge on any atom is 0.283 e. The van der Waals surface area contributed by atoms with Crippen molar-refractivity contribution in [1.82, 2.24) is 10.2 Å². The van der Waals surface area contributed by atoms with Crippen molar-refractivity contribution in [3.05, 3.63) is 48.3 Å². The van der Waals surface area contributed by atoms with Crippen LogP contribution in [-0.2, 0) is 6.54 Å². The van der Waals surface area contributed by atoms with Gasteiger partial charge >= 0.3 is 0 Å². The van der Waals surface area contributed by atoms with Gasteiger partial charge in [-0.05, 0) is 67.1 Å². The van der Waals surface area contributed by atoms with Crippen molar-refractivity contribution >= 4 is 34.3 Å². The van der Waals surface area contributed by atoms with Crippen molar-refractivity contribution in [1.29, 1.82) is 0 Å². The normalized spacial score (nSPS) is 20.9. The van der Waals surface area contributed by atoms with Crippen molar-refractivity contribution < 1.29 is 9.72 Å². The molecule has 26 heavy (non-hydrogen) atoms. The molecule has 0 bridgehead atoms. The first-order valence-electron chi connectivity index (χ1n) is 8.78. The van der Waals surface area contributed by atoms with Gasteiger partial charge in [-0.3, -0.25) is 14.9 Å². The molecule has 1 amide bonds. The third kappa shape index (κ3) is 3.17. The maximum atomic E-state index is 13.3. The van der Waals surface area contributed by atoms with Crippen LogP contribution in [0.2, 0.25) is 0 Å². The zero-order valence-electron chi connectivity index (χ0n) is 14.6. The van der Waals surface area contributed by atoms with Gasteiger partial charge in [0, 0.05) is 18.7 Å². The second-order valence-electron chi connectivity index (χ2n) is 7.21. The van der Waals surface area contributed by atoms with E-state index in [0.29, 0.717) is 16.3 Å². The molecule has 1 unspecified atom stereocenters. The molecule has 1 saturated carbocycles. The van der Waals surface area contributed by atoms with Crippen molar-refractivity contribution in [3.8, 4) is 0 Å². The fourth-order valence-corrected chi connectivity index (χ4v) is 5.64. The predicted molar refractivity (Wildman–Crippen MR) is 103 cm³/mol. The topological polar surface area (TPSA) is 75.5 Å². The molecule has 1 aliphatic carbocycles. The highest BCUT2D eigenvalue weighted by molar-refractivity contribution is 7.14. The molecule has 2 aromatic rings. The minimum atomic E-state index is -0.406. The number of piperidine rings is 1. The average molecular weight is 392 g/mol. The zero-order chi connectivity index (χ0) is 18.3. The van der Waals surface area contributed by atoms with Crippen LogP contribution in [0.15, 0.2) is 22.9 Å². The first-order chi connectivity index (χ1) is 12.5. The number of hydrogen-bond donors (Lipinski definition) is 1. The molecule has 8 heteroatoms. The van der Waals surface area contributed by atoms with Crippen LogP contribution in [0.25, 0.3) is 0 Å². The van der Waals surface area contributed by atoms with Gasteiger partial charge in [-0.15, -0.1) is 11.3 Å². The standard InChI is InChI=1S/C18H21N3O3S2/c1-12-14(21(23)24)8-15(26-12)17(22)20(10-13-2-7-25-11-13)16-9-18(16)3-5-19-6-4-18/h2,7-8,11,16,19H,3-6,9-10H2,1H3. The number of carbonyl (C=O) groups is 1. The van der Waals surface area contributed by atoms with Crippen LogP contribution < -0.4 is 5.32 Å². The lowest BCUT2D eigenvalue weighted by molar-refractivity contribution is -0.385. The lowest BCUT2D eigenvalue weighted by Crippen LogP contribution is -2.38. The second kappa shape index (κ2) is 6.75. The van der Waals surface area contributed by atoms with Crippen molar-refractivity contribution in [2.24, 2.45) is 5.41 Å². The molecule has 1 saturated heterocycles. The van der Waals surface area contributed by atoms with Gasteiger partial charge in [-0.2, -0.15) is 11.3 Å². The smallest absolute Gasteiger partial charge is 0.283 e. The Kier molecular flexibility index (Phi) is 4.58. The largest absolute Gasteiger partial charge is 0.330 e. The Morgan fingerprint density at radius 1 is 1.46 bits per heavy atom. The van der Waals surface area contributed by atoms with Gasteiger partial charge < -0.3 is 10.2 Å². The molecule has 2 aromatic heterocycles. The Morgan fingerprint density at radius 3 is 2.85 bits per heavy atom. The minimum absolute atomic E-state index is 0.0428. The summed E-state index contributed by atoms with van der Waals surface area (Å²) in [7, 11) is 0. The summed E-state index contributed by atoms with van der Waals surface area (Å²) in [5.74, 6) is -0.0715. The number of rotatable bonds is 5. The number of carbonyl (C=O) groups excluding carboxylic acids is 1. The Balaban J connectivity index is 1.61. The van der Waals surface area contributed by atoms with E-state index in [1.165, 1.54) is 17.4 Å². The van der Waals surface area contributed by atoms with Crippen molar-refractivity contribution in [2.45, 2.75) is 38.8 Å². The Bertz CT molecular complexity index is 825. The summed E-state index contributed by atoms with van der Waals surface area (Å²) in [4.78, 5) is 27.0. The summed E-state index contributed by atoms with van der Waals surface area (Å²) in [5, 5.41) is 18.6. The van der Waals surface area contributed by atoms with E-state index in [9.17, 15) is 14.9 Å². The van der Waals surface area contributed by atoms with Crippen LogP contribution in [0.5, 0.6) is 0 Å². The highest BCUT2D eigenvalue weighted by Crippen LogP contribution is 2.56. The van der Waals surface area contributed by atoms with E-state index in [0.717, 1.165) is 37.9 Å². The Morgan fingerprint density at radius 2 is 2.23 bits per heavy atom. The van der Waals surface area contributed by atoms with Gasteiger partial charge in [0.15, 0.2) is 0 Å². The first kappa shape index (κ1) is 17.6. The summed E-state index contributed by atoms with van der Waals surface area (Å²) in [6.45, 7) is 4.28. The monoisotopic (exact) mass is 391 g/mol. The van der Waals surface area contributed by atoms with Crippen LogP contribution >= 0.6 is 22.7 Å². The number of hydrogen-bond acceptors (Lipinski definition) is 6. The van der Waals surface area contributed by atoms with Gasteiger partial charge in [0.25, 0.3) is 11.6 Å². The quantitative estimate of drug-likeness (QED) is 0.621. The molecule has 1 atom stereocenters. The van der Waals surface area contributed by atoms with Gasteiger partial charge in [-0.1, -0.05) is 0 Å². The van der Waals surface area contributed by atoms with E-state index < -0.39 is 4.92 Å². The molecular weight excluding hydrogens is 370 g/mol. The lowest BCUT2D eigenvalue weighted by atomic mass is 9.93. The average Bonchev–Trinajstić information content (AvgIpc) is 3.00. The molecule has 6 nitrogen and oxygen atoms in total. The Hall–Kier alpha value is -1.77. The highest BCUT2D eigenvalue weighted by atomic mass is 32.1. The number of nitrogens with zero attached hydrogens (tertiary/aromatic N) is 2. The van der Waals surface area contributed by atoms with E-state index in [2.05, 4.69) is 10.7 Å². The molecule has 1 spiro atoms. The van der Waals surface area contributed by atoms with Gasteiger partial charge in [0.1, 0.15) is 0 Å². The van der Waals surface area contributed by atoms with Gasteiger partial charge in [0.05, 0.1) is 14.7 Å².